The van der Waals surface area contributed by atoms with E-state index in [4.69, 9.17) is 5.11 Å². The predicted molar refractivity (Wildman–Crippen MR) is 77.8 cm³/mol. The van der Waals surface area contributed by atoms with Gasteiger partial charge in [0.15, 0.2) is 0 Å². The minimum Gasteiger partial charge on any atom is -0.476 e. The Bertz CT molecular complexity index is 763. The Labute approximate surface area is 121 Å². The van der Waals surface area contributed by atoms with Crippen molar-refractivity contribution in [2.24, 2.45) is 0 Å². The zero-order valence-electron chi connectivity index (χ0n) is 9.71. The number of hydrogen-bond donors (Lipinski definition) is 1. The fraction of sp³-hybridized carbons (Fsp3) is 0.0769. The van der Waals surface area contributed by atoms with Crippen LogP contribution in [0, 0.1) is 0 Å². The molecule has 0 aliphatic heterocycles. The number of carboxylic acid groups (broad SMARTS) is 1. The van der Waals surface area contributed by atoms with Crippen LogP contribution in [0.25, 0.3) is 10.9 Å². The summed E-state index contributed by atoms with van der Waals surface area (Å²) in [4.78, 5) is 14.9. The molecule has 0 bridgehead atoms. The number of rotatable bonds is 3. The first kappa shape index (κ1) is 12.4. The summed E-state index contributed by atoms with van der Waals surface area (Å²) in [6, 6.07) is 8.04. The van der Waals surface area contributed by atoms with Crippen LogP contribution in [-0.2, 0) is 6.54 Å². The van der Waals surface area contributed by atoms with E-state index in [-0.39, 0.29) is 5.01 Å². The number of benzene rings is 1. The van der Waals surface area contributed by atoms with Crippen molar-refractivity contribution in [1.29, 1.82) is 0 Å². The van der Waals surface area contributed by atoms with Gasteiger partial charge in [-0.1, -0.05) is 22.0 Å². The van der Waals surface area contributed by atoms with Crippen LogP contribution >= 0.6 is 27.3 Å². The van der Waals surface area contributed by atoms with Crippen molar-refractivity contribution in [1.82, 2.24) is 9.55 Å². The number of carbonyl (C=O) groups is 1. The Kier molecular flexibility index (Phi) is 3.12. The fourth-order valence-electron chi connectivity index (χ4n) is 1.98. The molecule has 0 amide bonds. The minimum absolute atomic E-state index is 0.132. The summed E-state index contributed by atoms with van der Waals surface area (Å²) in [6.45, 7) is 0.573. The molecule has 0 unspecified atom stereocenters. The van der Waals surface area contributed by atoms with Gasteiger partial charge in [-0.15, -0.1) is 11.3 Å². The molecule has 0 aliphatic carbocycles. The third kappa shape index (κ3) is 2.29. The third-order valence-electron chi connectivity index (χ3n) is 2.83. The van der Waals surface area contributed by atoms with E-state index >= 15 is 0 Å². The van der Waals surface area contributed by atoms with Gasteiger partial charge in [-0.2, -0.15) is 0 Å². The number of nitrogens with zero attached hydrogens (tertiary/aromatic N) is 2. The molecule has 1 N–H and O–H groups in total. The summed E-state index contributed by atoms with van der Waals surface area (Å²) in [5.74, 6) is -0.976. The average molecular weight is 337 g/mol. The Morgan fingerprint density at radius 2 is 2.26 bits per heavy atom. The summed E-state index contributed by atoms with van der Waals surface area (Å²) in [5, 5.41) is 11.9. The number of carboxylic acids is 1. The van der Waals surface area contributed by atoms with Gasteiger partial charge in [0.05, 0.1) is 12.2 Å². The van der Waals surface area contributed by atoms with Crippen LogP contribution in [0.1, 0.15) is 15.5 Å². The molecule has 4 nitrogen and oxygen atoms in total. The number of hydrogen-bond acceptors (Lipinski definition) is 3. The van der Waals surface area contributed by atoms with Crippen LogP contribution in [-0.4, -0.2) is 20.6 Å². The van der Waals surface area contributed by atoms with E-state index in [0.29, 0.717) is 6.54 Å². The average Bonchev–Trinajstić information content (AvgIpc) is 2.98. The van der Waals surface area contributed by atoms with Crippen LogP contribution in [0.3, 0.4) is 0 Å². The first-order chi connectivity index (χ1) is 9.15. The van der Waals surface area contributed by atoms with Gasteiger partial charge in [-0.25, -0.2) is 9.78 Å². The highest BCUT2D eigenvalue weighted by Crippen LogP contribution is 2.25. The number of aromatic nitrogens is 2. The van der Waals surface area contributed by atoms with E-state index in [9.17, 15) is 4.79 Å². The summed E-state index contributed by atoms with van der Waals surface area (Å²) in [6.07, 6.45) is 1.98. The van der Waals surface area contributed by atoms with E-state index < -0.39 is 5.97 Å². The molecule has 3 rings (SSSR count). The zero-order chi connectivity index (χ0) is 13.4. The van der Waals surface area contributed by atoms with E-state index in [1.165, 1.54) is 0 Å². The van der Waals surface area contributed by atoms with Crippen molar-refractivity contribution in [3.05, 3.63) is 51.0 Å². The molecule has 6 heteroatoms. The van der Waals surface area contributed by atoms with Crippen LogP contribution < -0.4 is 0 Å². The molecule has 1 aromatic carbocycles. The predicted octanol–water partition coefficient (Wildman–Crippen LogP) is 3.61. The largest absolute Gasteiger partial charge is 0.476 e. The number of fused-ring (bicyclic) bond motifs is 1. The highest BCUT2D eigenvalue weighted by atomic mass is 79.9. The molecule has 3 aromatic rings. The second kappa shape index (κ2) is 4.79. The summed E-state index contributed by atoms with van der Waals surface area (Å²) >= 11 is 4.67. The lowest BCUT2D eigenvalue weighted by atomic mass is 10.2. The van der Waals surface area contributed by atoms with Gasteiger partial charge >= 0.3 is 5.97 Å². The lowest BCUT2D eigenvalue weighted by Gasteiger charge is -2.03. The lowest BCUT2D eigenvalue weighted by Crippen LogP contribution is -2.00. The maximum atomic E-state index is 10.8. The molecular formula is C13H9BrN2O2S. The first-order valence-corrected chi connectivity index (χ1v) is 7.23. The van der Waals surface area contributed by atoms with Crippen LogP contribution in [0.2, 0.25) is 0 Å². The highest BCUT2D eigenvalue weighted by Gasteiger charge is 2.10. The maximum Gasteiger partial charge on any atom is 0.365 e. The van der Waals surface area contributed by atoms with Gasteiger partial charge in [0.1, 0.15) is 0 Å². The Hall–Kier alpha value is -1.66. The topological polar surface area (TPSA) is 55.1 Å². The van der Waals surface area contributed by atoms with Gasteiger partial charge in [-0.05, 0) is 18.2 Å². The highest BCUT2D eigenvalue weighted by molar-refractivity contribution is 9.10. The molecule has 0 atom stereocenters. The van der Waals surface area contributed by atoms with Gasteiger partial charge < -0.3 is 9.67 Å². The van der Waals surface area contributed by atoms with Crippen LogP contribution in [0.4, 0.5) is 0 Å². The Morgan fingerprint density at radius 3 is 3.00 bits per heavy atom. The van der Waals surface area contributed by atoms with Gasteiger partial charge in [0.25, 0.3) is 0 Å². The maximum absolute atomic E-state index is 10.8. The van der Waals surface area contributed by atoms with E-state index in [2.05, 4.69) is 25.5 Å². The molecule has 0 fully saturated rings. The molecule has 0 spiro atoms. The first-order valence-electron chi connectivity index (χ1n) is 5.56. The number of aromatic carboxylic acids is 1. The monoisotopic (exact) mass is 336 g/mol. The van der Waals surface area contributed by atoms with Crippen LogP contribution in [0.15, 0.2) is 40.3 Å². The molecule has 0 saturated heterocycles. The fourth-order valence-corrected chi connectivity index (χ4v) is 3.11. The molecule has 96 valence electrons. The number of halogens is 1. The van der Waals surface area contributed by atoms with Crippen molar-refractivity contribution < 1.29 is 9.90 Å². The molecule has 2 aromatic heterocycles. The van der Waals surface area contributed by atoms with Crippen molar-refractivity contribution in [3.63, 3.8) is 0 Å². The summed E-state index contributed by atoms with van der Waals surface area (Å²) in [7, 11) is 0. The Morgan fingerprint density at radius 1 is 1.42 bits per heavy atom. The third-order valence-corrected chi connectivity index (χ3v) is 4.40. The second-order valence-corrected chi connectivity index (χ2v) is 5.78. The molecule has 2 heterocycles. The lowest BCUT2D eigenvalue weighted by molar-refractivity contribution is 0.0696. The van der Waals surface area contributed by atoms with E-state index in [1.54, 1.807) is 5.38 Å². The van der Waals surface area contributed by atoms with E-state index in [0.717, 1.165) is 32.4 Å². The SMILES string of the molecule is O=C(O)c1nc(Cn2ccc3c(Br)cccc32)cs1. The normalized spacial score (nSPS) is 11.0. The summed E-state index contributed by atoms with van der Waals surface area (Å²) < 4.78 is 3.11. The zero-order valence-corrected chi connectivity index (χ0v) is 12.1. The van der Waals surface area contributed by atoms with Gasteiger partial charge in [0, 0.05) is 27.0 Å². The smallest absolute Gasteiger partial charge is 0.365 e. The molecule has 0 radical (unpaired) electrons. The second-order valence-electron chi connectivity index (χ2n) is 4.07. The van der Waals surface area contributed by atoms with Crippen LogP contribution in [0.5, 0.6) is 0 Å². The van der Waals surface area contributed by atoms with Crippen molar-refractivity contribution >= 4 is 44.1 Å². The molecular weight excluding hydrogens is 328 g/mol. The quantitative estimate of drug-likeness (QED) is 0.794. The van der Waals surface area contributed by atoms with Gasteiger partial charge in [0.2, 0.25) is 5.01 Å². The standard InChI is InChI=1S/C13H9BrN2O2S/c14-10-2-1-3-11-9(10)4-5-16(11)6-8-7-19-12(15-8)13(17)18/h1-5,7H,6H2,(H,17,18). The van der Waals surface area contributed by atoms with E-state index in [1.807, 2.05) is 30.5 Å². The molecule has 0 saturated carbocycles. The van der Waals surface area contributed by atoms with Crippen molar-refractivity contribution in [2.75, 3.05) is 0 Å². The van der Waals surface area contributed by atoms with Crippen molar-refractivity contribution in [3.8, 4) is 0 Å². The summed E-state index contributed by atoms with van der Waals surface area (Å²) in [5.41, 5.74) is 1.86. The molecule has 0 aliphatic rings. The van der Waals surface area contributed by atoms with Gasteiger partial charge in [-0.3, -0.25) is 0 Å². The van der Waals surface area contributed by atoms with Crippen molar-refractivity contribution in [2.45, 2.75) is 6.54 Å². The number of thiazole rings is 1. The Balaban J connectivity index is 1.96. The molecule has 19 heavy (non-hydrogen) atoms. The minimum atomic E-state index is -0.976.